The molecule has 1 atom stereocenters. The van der Waals surface area contributed by atoms with E-state index in [2.05, 4.69) is 27.3 Å². The van der Waals surface area contributed by atoms with Gasteiger partial charge in [-0.2, -0.15) is 0 Å². The smallest absolute Gasteiger partial charge is 0.255 e. The molecule has 1 amide bonds. The summed E-state index contributed by atoms with van der Waals surface area (Å²) in [6.45, 7) is 2.64. The highest BCUT2D eigenvalue weighted by Gasteiger charge is 2.24. The molecule has 2 N–H and O–H groups in total. The molecule has 0 spiro atoms. The van der Waals surface area contributed by atoms with Crippen LogP contribution in [0.15, 0.2) is 65.6 Å². The summed E-state index contributed by atoms with van der Waals surface area (Å²) in [4.78, 5) is 30.0. The Bertz CT molecular complexity index is 991. The van der Waals surface area contributed by atoms with Crippen LogP contribution in [-0.4, -0.2) is 35.4 Å². The van der Waals surface area contributed by atoms with Gasteiger partial charge < -0.3 is 10.3 Å². The molecule has 138 valence electrons. The van der Waals surface area contributed by atoms with E-state index in [1.807, 2.05) is 30.3 Å². The lowest BCUT2D eigenvalue weighted by molar-refractivity contribution is 0.0939. The minimum absolute atomic E-state index is 0.159. The molecular weight excluding hydrogens is 338 g/mol. The van der Waals surface area contributed by atoms with Crippen molar-refractivity contribution >= 4 is 16.7 Å². The third-order valence-corrected chi connectivity index (χ3v) is 5.28. The first kappa shape index (κ1) is 17.5. The van der Waals surface area contributed by atoms with Gasteiger partial charge in [0.25, 0.3) is 11.5 Å². The Morgan fingerprint density at radius 1 is 1.00 bits per heavy atom. The van der Waals surface area contributed by atoms with Gasteiger partial charge in [-0.3, -0.25) is 14.5 Å². The molecule has 1 aliphatic rings. The molecule has 27 heavy (non-hydrogen) atoms. The maximum absolute atomic E-state index is 12.9. The molecular formula is C22H23N3O2. The van der Waals surface area contributed by atoms with Crippen LogP contribution in [0.4, 0.5) is 0 Å². The number of H-pyrrole nitrogens is 1. The number of amides is 1. The molecule has 1 aliphatic heterocycles. The van der Waals surface area contributed by atoms with E-state index >= 15 is 0 Å². The average molecular weight is 361 g/mol. The van der Waals surface area contributed by atoms with Gasteiger partial charge in [0, 0.05) is 23.5 Å². The minimum Gasteiger partial charge on any atom is -0.350 e. The van der Waals surface area contributed by atoms with E-state index in [9.17, 15) is 9.59 Å². The van der Waals surface area contributed by atoms with E-state index in [4.69, 9.17) is 0 Å². The molecule has 0 saturated carbocycles. The van der Waals surface area contributed by atoms with Gasteiger partial charge in [-0.15, -0.1) is 0 Å². The molecule has 2 aromatic carbocycles. The lowest BCUT2D eigenvalue weighted by Crippen LogP contribution is -2.37. The number of hydrogen-bond donors (Lipinski definition) is 2. The van der Waals surface area contributed by atoms with E-state index in [0.29, 0.717) is 22.9 Å². The maximum Gasteiger partial charge on any atom is 0.255 e. The van der Waals surface area contributed by atoms with Crippen molar-refractivity contribution in [3.63, 3.8) is 0 Å². The molecule has 2 heterocycles. The summed E-state index contributed by atoms with van der Waals surface area (Å²) < 4.78 is 0. The molecule has 5 heteroatoms. The summed E-state index contributed by atoms with van der Waals surface area (Å²) in [5.74, 6) is -0.164. The lowest BCUT2D eigenvalue weighted by atomic mass is 10.0. The zero-order valence-corrected chi connectivity index (χ0v) is 15.2. The second kappa shape index (κ2) is 7.76. The number of nitrogens with zero attached hydrogens (tertiary/aromatic N) is 1. The summed E-state index contributed by atoms with van der Waals surface area (Å²) in [7, 11) is 0. The monoisotopic (exact) mass is 361 g/mol. The fourth-order valence-electron chi connectivity index (χ4n) is 3.87. The first-order valence-corrected chi connectivity index (χ1v) is 9.41. The number of likely N-dealkylation sites (tertiary alicyclic amines) is 1. The van der Waals surface area contributed by atoms with Gasteiger partial charge in [0.15, 0.2) is 0 Å². The van der Waals surface area contributed by atoms with Crippen LogP contribution in [0.3, 0.4) is 0 Å². The number of pyridine rings is 1. The Morgan fingerprint density at radius 2 is 1.67 bits per heavy atom. The largest absolute Gasteiger partial charge is 0.350 e. The van der Waals surface area contributed by atoms with Crippen LogP contribution in [0.2, 0.25) is 0 Å². The fraction of sp³-hybridized carbons (Fsp3) is 0.273. The van der Waals surface area contributed by atoms with Crippen LogP contribution in [0.5, 0.6) is 0 Å². The summed E-state index contributed by atoms with van der Waals surface area (Å²) in [5.41, 5.74) is 1.53. The number of benzene rings is 2. The number of aromatic nitrogens is 1. The predicted octanol–water partition coefficient (Wildman–Crippen LogP) is 3.10. The van der Waals surface area contributed by atoms with Crippen molar-refractivity contribution in [3.05, 3.63) is 82.3 Å². The number of aromatic amines is 1. The second-order valence-electron chi connectivity index (χ2n) is 6.96. The van der Waals surface area contributed by atoms with E-state index in [0.717, 1.165) is 13.1 Å². The zero-order valence-electron chi connectivity index (χ0n) is 15.2. The Labute approximate surface area is 158 Å². The van der Waals surface area contributed by atoms with E-state index < -0.39 is 0 Å². The van der Waals surface area contributed by atoms with E-state index in [1.54, 1.807) is 12.1 Å². The highest BCUT2D eigenvalue weighted by Crippen LogP contribution is 2.24. The number of carbonyl (C=O) groups is 1. The highest BCUT2D eigenvalue weighted by atomic mass is 16.1. The SMILES string of the molecule is O=C(NCC(c1ccccc1)N1CCCC1)c1c[nH]c(=O)c2ccccc12. The number of carbonyl (C=O) groups excluding carboxylic acids is 1. The minimum atomic E-state index is -0.179. The van der Waals surface area contributed by atoms with Crippen LogP contribution in [-0.2, 0) is 0 Å². The van der Waals surface area contributed by atoms with E-state index in [1.165, 1.54) is 24.6 Å². The molecule has 5 nitrogen and oxygen atoms in total. The second-order valence-corrected chi connectivity index (χ2v) is 6.96. The van der Waals surface area contributed by atoms with Gasteiger partial charge in [0.1, 0.15) is 0 Å². The zero-order chi connectivity index (χ0) is 18.6. The highest BCUT2D eigenvalue weighted by molar-refractivity contribution is 6.06. The first-order chi connectivity index (χ1) is 13.2. The van der Waals surface area contributed by atoms with Crippen molar-refractivity contribution < 1.29 is 4.79 Å². The van der Waals surface area contributed by atoms with Gasteiger partial charge in [0.2, 0.25) is 0 Å². The summed E-state index contributed by atoms with van der Waals surface area (Å²) in [5, 5.41) is 4.29. The maximum atomic E-state index is 12.9. The molecule has 0 aliphatic carbocycles. The van der Waals surface area contributed by atoms with Crippen LogP contribution in [0.25, 0.3) is 10.8 Å². The van der Waals surface area contributed by atoms with Gasteiger partial charge in [-0.1, -0.05) is 48.5 Å². The van der Waals surface area contributed by atoms with Crippen molar-refractivity contribution in [3.8, 4) is 0 Å². The fourth-order valence-corrected chi connectivity index (χ4v) is 3.87. The Balaban J connectivity index is 1.57. The van der Waals surface area contributed by atoms with Gasteiger partial charge in [0.05, 0.1) is 11.6 Å². The third kappa shape index (κ3) is 3.64. The van der Waals surface area contributed by atoms with Crippen LogP contribution < -0.4 is 10.9 Å². The molecule has 1 fully saturated rings. The third-order valence-electron chi connectivity index (χ3n) is 5.28. The molecule has 4 rings (SSSR count). The van der Waals surface area contributed by atoms with Crippen molar-refractivity contribution in [2.75, 3.05) is 19.6 Å². The molecule has 0 bridgehead atoms. The molecule has 1 saturated heterocycles. The first-order valence-electron chi connectivity index (χ1n) is 9.41. The van der Waals surface area contributed by atoms with Crippen molar-refractivity contribution in [1.82, 2.24) is 15.2 Å². The van der Waals surface area contributed by atoms with Gasteiger partial charge in [-0.25, -0.2) is 0 Å². The van der Waals surface area contributed by atoms with Crippen molar-refractivity contribution in [1.29, 1.82) is 0 Å². The quantitative estimate of drug-likeness (QED) is 0.734. The number of fused-ring (bicyclic) bond motifs is 1. The Kier molecular flexibility index (Phi) is 5.03. The summed E-state index contributed by atoms with van der Waals surface area (Å²) >= 11 is 0. The standard InChI is InChI=1S/C22H23N3O2/c26-21-18-11-5-4-10-17(18)19(14-23-21)22(27)24-15-20(25-12-6-7-13-25)16-8-2-1-3-9-16/h1-5,8-11,14,20H,6-7,12-13,15H2,(H,23,26)(H,24,27). The average Bonchev–Trinajstić information content (AvgIpc) is 3.24. The summed E-state index contributed by atoms with van der Waals surface area (Å²) in [6, 6.07) is 17.7. The van der Waals surface area contributed by atoms with Crippen LogP contribution in [0, 0.1) is 0 Å². The predicted molar refractivity (Wildman–Crippen MR) is 107 cm³/mol. The number of hydrogen-bond acceptors (Lipinski definition) is 3. The summed E-state index contributed by atoms with van der Waals surface area (Å²) in [6.07, 6.45) is 3.90. The topological polar surface area (TPSA) is 65.2 Å². The van der Waals surface area contributed by atoms with Gasteiger partial charge in [-0.05, 0) is 37.6 Å². The van der Waals surface area contributed by atoms with Crippen molar-refractivity contribution in [2.24, 2.45) is 0 Å². The molecule has 1 unspecified atom stereocenters. The Hall–Kier alpha value is -2.92. The van der Waals surface area contributed by atoms with Gasteiger partial charge >= 0.3 is 0 Å². The normalized spacial score (nSPS) is 15.7. The number of rotatable bonds is 5. The Morgan fingerprint density at radius 3 is 2.41 bits per heavy atom. The lowest BCUT2D eigenvalue weighted by Gasteiger charge is -2.28. The molecule has 3 aromatic rings. The molecule has 1 aromatic heterocycles. The van der Waals surface area contributed by atoms with Crippen LogP contribution in [0.1, 0.15) is 34.8 Å². The van der Waals surface area contributed by atoms with Crippen molar-refractivity contribution in [2.45, 2.75) is 18.9 Å². The van der Waals surface area contributed by atoms with E-state index in [-0.39, 0.29) is 17.5 Å². The number of nitrogens with one attached hydrogen (secondary N) is 2. The molecule has 0 radical (unpaired) electrons. The van der Waals surface area contributed by atoms with Crippen LogP contribution >= 0.6 is 0 Å².